The maximum Gasteiger partial charge on any atom is 0.335 e. The lowest BCUT2D eigenvalue weighted by atomic mass is 9.96. The molecule has 1 rings (SSSR count). The molecule has 0 aromatic heterocycles. The minimum atomic E-state index is -0.969. The molecule has 5 heteroatoms. The zero-order valence-corrected chi connectivity index (χ0v) is 12.7. The van der Waals surface area contributed by atoms with Crippen LogP contribution in [-0.4, -0.2) is 30.6 Å². The van der Waals surface area contributed by atoms with Crippen LogP contribution in [0.4, 0.5) is 5.69 Å². The van der Waals surface area contributed by atoms with Crippen molar-refractivity contribution in [3.63, 3.8) is 0 Å². The van der Waals surface area contributed by atoms with Gasteiger partial charge < -0.3 is 15.7 Å². The first-order chi connectivity index (χ1) is 9.99. The van der Waals surface area contributed by atoms with Crippen molar-refractivity contribution in [2.45, 2.75) is 32.6 Å². The fourth-order valence-electron chi connectivity index (χ4n) is 2.26. The molecule has 1 aromatic carbocycles. The predicted octanol–water partition coefficient (Wildman–Crippen LogP) is 2.50. The molecule has 0 heterocycles. The quantitative estimate of drug-likeness (QED) is 0.771. The molecule has 0 fully saturated rings. The number of rotatable bonds is 8. The van der Waals surface area contributed by atoms with Crippen molar-refractivity contribution in [1.29, 1.82) is 0 Å². The van der Waals surface area contributed by atoms with Crippen LogP contribution in [0.5, 0.6) is 0 Å². The summed E-state index contributed by atoms with van der Waals surface area (Å²) in [4.78, 5) is 24.5. The SMILES string of the molecule is CCC(CCN)CCC(=O)N(C)c1ccc(C(=O)O)cc1. The van der Waals surface area contributed by atoms with Crippen molar-refractivity contribution < 1.29 is 14.7 Å². The van der Waals surface area contributed by atoms with Gasteiger partial charge in [-0.1, -0.05) is 13.3 Å². The van der Waals surface area contributed by atoms with Crippen molar-refractivity contribution >= 4 is 17.6 Å². The maximum absolute atomic E-state index is 12.2. The Bertz CT molecular complexity index is 471. The molecule has 3 N–H and O–H groups in total. The van der Waals surface area contributed by atoms with Gasteiger partial charge in [-0.2, -0.15) is 0 Å². The van der Waals surface area contributed by atoms with Gasteiger partial charge in [-0.25, -0.2) is 4.79 Å². The lowest BCUT2D eigenvalue weighted by Crippen LogP contribution is -2.26. The number of hydrogen-bond acceptors (Lipinski definition) is 3. The van der Waals surface area contributed by atoms with Crippen LogP contribution >= 0.6 is 0 Å². The second-order valence-electron chi connectivity index (χ2n) is 5.20. The van der Waals surface area contributed by atoms with E-state index >= 15 is 0 Å². The number of hydrogen-bond donors (Lipinski definition) is 2. The summed E-state index contributed by atoms with van der Waals surface area (Å²) >= 11 is 0. The summed E-state index contributed by atoms with van der Waals surface area (Å²) < 4.78 is 0. The molecule has 0 saturated heterocycles. The third-order valence-electron chi connectivity index (χ3n) is 3.79. The second kappa shape index (κ2) is 8.42. The number of carboxylic acid groups (broad SMARTS) is 1. The summed E-state index contributed by atoms with van der Waals surface area (Å²) in [6, 6.07) is 6.31. The molecule has 1 aromatic rings. The van der Waals surface area contributed by atoms with Crippen LogP contribution in [0.1, 0.15) is 43.0 Å². The van der Waals surface area contributed by atoms with E-state index in [4.69, 9.17) is 10.8 Å². The fourth-order valence-corrected chi connectivity index (χ4v) is 2.26. The number of aromatic carboxylic acids is 1. The molecule has 116 valence electrons. The van der Waals surface area contributed by atoms with Gasteiger partial charge in [0, 0.05) is 19.2 Å². The summed E-state index contributed by atoms with van der Waals surface area (Å²) in [5.41, 5.74) is 6.48. The average Bonchev–Trinajstić information content (AvgIpc) is 2.50. The van der Waals surface area contributed by atoms with E-state index in [1.54, 1.807) is 24.1 Å². The largest absolute Gasteiger partial charge is 0.478 e. The summed E-state index contributed by atoms with van der Waals surface area (Å²) in [5, 5.41) is 8.86. The van der Waals surface area contributed by atoms with Crippen LogP contribution < -0.4 is 10.6 Å². The van der Waals surface area contributed by atoms with Gasteiger partial charge in [0.15, 0.2) is 0 Å². The molecular formula is C16H24N2O3. The van der Waals surface area contributed by atoms with E-state index in [1.165, 1.54) is 12.1 Å². The number of carbonyl (C=O) groups excluding carboxylic acids is 1. The highest BCUT2D eigenvalue weighted by atomic mass is 16.4. The zero-order valence-electron chi connectivity index (χ0n) is 12.7. The van der Waals surface area contributed by atoms with Gasteiger partial charge in [-0.15, -0.1) is 0 Å². The van der Waals surface area contributed by atoms with E-state index < -0.39 is 5.97 Å². The van der Waals surface area contributed by atoms with Crippen molar-refractivity contribution in [1.82, 2.24) is 0 Å². The average molecular weight is 292 g/mol. The van der Waals surface area contributed by atoms with Crippen molar-refractivity contribution in [2.75, 3.05) is 18.5 Å². The van der Waals surface area contributed by atoms with Crippen molar-refractivity contribution in [3.05, 3.63) is 29.8 Å². The topological polar surface area (TPSA) is 83.6 Å². The summed E-state index contributed by atoms with van der Waals surface area (Å²) in [7, 11) is 1.71. The van der Waals surface area contributed by atoms with Gasteiger partial charge in [0.05, 0.1) is 5.56 Å². The summed E-state index contributed by atoms with van der Waals surface area (Å²) in [6.45, 7) is 2.76. The summed E-state index contributed by atoms with van der Waals surface area (Å²) in [6.07, 6.45) is 3.29. The van der Waals surface area contributed by atoms with Gasteiger partial charge in [0.1, 0.15) is 0 Å². The smallest absolute Gasteiger partial charge is 0.335 e. The minimum absolute atomic E-state index is 0.0357. The van der Waals surface area contributed by atoms with E-state index in [-0.39, 0.29) is 11.5 Å². The Kier molecular flexibility index (Phi) is 6.88. The fraction of sp³-hybridized carbons (Fsp3) is 0.500. The molecule has 0 aliphatic carbocycles. The molecule has 0 aliphatic heterocycles. The van der Waals surface area contributed by atoms with E-state index in [0.29, 0.717) is 24.6 Å². The highest BCUT2D eigenvalue weighted by Gasteiger charge is 2.14. The van der Waals surface area contributed by atoms with Gasteiger partial charge >= 0.3 is 5.97 Å². The molecule has 1 unspecified atom stereocenters. The van der Waals surface area contributed by atoms with E-state index in [9.17, 15) is 9.59 Å². The van der Waals surface area contributed by atoms with Crippen LogP contribution in [0.25, 0.3) is 0 Å². The predicted molar refractivity (Wildman–Crippen MR) is 83.5 cm³/mol. The minimum Gasteiger partial charge on any atom is -0.478 e. The number of nitrogens with two attached hydrogens (primary N) is 1. The van der Waals surface area contributed by atoms with Gasteiger partial charge in [-0.3, -0.25) is 4.79 Å². The Labute approximate surface area is 125 Å². The molecule has 0 aliphatic rings. The molecule has 0 saturated carbocycles. The third-order valence-corrected chi connectivity index (χ3v) is 3.79. The lowest BCUT2D eigenvalue weighted by molar-refractivity contribution is -0.118. The Morgan fingerprint density at radius 2 is 1.86 bits per heavy atom. The van der Waals surface area contributed by atoms with Crippen molar-refractivity contribution in [2.24, 2.45) is 11.7 Å². The Morgan fingerprint density at radius 1 is 1.24 bits per heavy atom. The zero-order chi connectivity index (χ0) is 15.8. The van der Waals surface area contributed by atoms with Crippen LogP contribution in [0.15, 0.2) is 24.3 Å². The molecule has 0 spiro atoms. The Morgan fingerprint density at radius 3 is 2.33 bits per heavy atom. The third kappa shape index (κ3) is 5.19. The van der Waals surface area contributed by atoms with Crippen LogP contribution in [0, 0.1) is 5.92 Å². The van der Waals surface area contributed by atoms with Crippen LogP contribution in [0.2, 0.25) is 0 Å². The lowest BCUT2D eigenvalue weighted by Gasteiger charge is -2.19. The van der Waals surface area contributed by atoms with Gasteiger partial charge in [0.2, 0.25) is 5.91 Å². The monoisotopic (exact) mass is 292 g/mol. The van der Waals surface area contributed by atoms with Crippen LogP contribution in [-0.2, 0) is 4.79 Å². The van der Waals surface area contributed by atoms with Crippen LogP contribution in [0.3, 0.4) is 0 Å². The van der Waals surface area contributed by atoms with Gasteiger partial charge in [-0.05, 0) is 49.6 Å². The first-order valence-corrected chi connectivity index (χ1v) is 7.29. The number of anilines is 1. The molecular weight excluding hydrogens is 268 g/mol. The number of nitrogens with zero attached hydrogens (tertiary/aromatic N) is 1. The van der Waals surface area contributed by atoms with Gasteiger partial charge in [0.25, 0.3) is 0 Å². The molecule has 1 amide bonds. The van der Waals surface area contributed by atoms with E-state index in [1.807, 2.05) is 0 Å². The summed E-state index contributed by atoms with van der Waals surface area (Å²) in [5.74, 6) is -0.446. The number of carboxylic acids is 1. The normalized spacial score (nSPS) is 12.0. The molecule has 0 radical (unpaired) electrons. The van der Waals surface area contributed by atoms with Crippen molar-refractivity contribution in [3.8, 4) is 0 Å². The van der Waals surface area contributed by atoms with E-state index in [2.05, 4.69) is 6.92 Å². The highest BCUT2D eigenvalue weighted by Crippen LogP contribution is 2.19. The Balaban J connectivity index is 2.59. The molecule has 5 nitrogen and oxygen atoms in total. The molecule has 21 heavy (non-hydrogen) atoms. The first-order valence-electron chi connectivity index (χ1n) is 7.29. The first kappa shape index (κ1) is 17.2. The molecule has 1 atom stereocenters. The van der Waals surface area contributed by atoms with E-state index in [0.717, 1.165) is 19.3 Å². The number of carbonyl (C=O) groups is 2. The maximum atomic E-state index is 12.2. The second-order valence-corrected chi connectivity index (χ2v) is 5.20. The number of amides is 1. The highest BCUT2D eigenvalue weighted by molar-refractivity contribution is 5.94. The standard InChI is InChI=1S/C16H24N2O3/c1-3-12(10-11-17)4-9-15(19)18(2)14-7-5-13(6-8-14)16(20)21/h5-8,12H,3-4,9-11,17H2,1-2H3,(H,20,21). The number of benzene rings is 1. The molecule has 0 bridgehead atoms. The Hall–Kier alpha value is -1.88.